The average molecular weight is 326 g/mol. The lowest BCUT2D eigenvalue weighted by molar-refractivity contribution is -0.151. The first-order chi connectivity index (χ1) is 11.7. The van der Waals surface area contributed by atoms with Crippen molar-refractivity contribution in [2.75, 3.05) is 13.1 Å². The number of aliphatic hydroxyl groups is 1. The molecule has 1 saturated carbocycles. The summed E-state index contributed by atoms with van der Waals surface area (Å²) in [6.45, 7) is 2.41. The number of nitrogens with zero attached hydrogens (tertiary/aromatic N) is 2. The molecule has 3 atom stereocenters. The minimum atomic E-state index is -0.821. The van der Waals surface area contributed by atoms with Gasteiger partial charge in [-0.15, -0.1) is 0 Å². The third-order valence-electron chi connectivity index (χ3n) is 5.68. The quantitative estimate of drug-likeness (QED) is 0.940. The largest absolute Gasteiger partial charge is 0.383 e. The zero-order valence-electron chi connectivity index (χ0n) is 13.7. The van der Waals surface area contributed by atoms with E-state index in [9.17, 15) is 9.50 Å². The highest BCUT2D eigenvalue weighted by molar-refractivity contribution is 5.21. The molecule has 0 spiro atoms. The van der Waals surface area contributed by atoms with Gasteiger partial charge >= 0.3 is 0 Å². The predicted molar refractivity (Wildman–Crippen MR) is 90.6 cm³/mol. The van der Waals surface area contributed by atoms with Crippen molar-refractivity contribution in [2.24, 2.45) is 11.8 Å². The molecule has 2 fully saturated rings. The summed E-state index contributed by atoms with van der Waals surface area (Å²) < 4.78 is 13.4. The van der Waals surface area contributed by atoms with Crippen molar-refractivity contribution in [3.63, 3.8) is 0 Å². The van der Waals surface area contributed by atoms with Gasteiger partial charge in [-0.2, -0.15) is 0 Å². The van der Waals surface area contributed by atoms with Gasteiger partial charge in [0, 0.05) is 37.7 Å². The molecule has 1 aliphatic heterocycles. The van der Waals surface area contributed by atoms with Gasteiger partial charge in [-0.3, -0.25) is 9.88 Å². The Kier molecular flexibility index (Phi) is 4.10. The molecule has 4 heteroatoms. The maximum absolute atomic E-state index is 13.4. The number of likely N-dealkylation sites (tertiary alicyclic amines) is 1. The van der Waals surface area contributed by atoms with E-state index in [0.717, 1.165) is 50.2 Å². The second-order valence-corrected chi connectivity index (χ2v) is 7.19. The Morgan fingerprint density at radius 3 is 2.58 bits per heavy atom. The molecule has 1 unspecified atom stereocenters. The van der Waals surface area contributed by atoms with E-state index in [-0.39, 0.29) is 17.7 Å². The highest BCUT2D eigenvalue weighted by atomic mass is 19.1. The van der Waals surface area contributed by atoms with Crippen molar-refractivity contribution in [3.05, 3.63) is 65.7 Å². The Morgan fingerprint density at radius 1 is 1.12 bits per heavy atom. The summed E-state index contributed by atoms with van der Waals surface area (Å²) in [5.74, 6) is 0.191. The van der Waals surface area contributed by atoms with E-state index >= 15 is 0 Å². The topological polar surface area (TPSA) is 36.4 Å². The molecule has 4 rings (SSSR count). The first-order valence-electron chi connectivity index (χ1n) is 8.77. The van der Waals surface area contributed by atoms with Crippen molar-refractivity contribution in [2.45, 2.75) is 31.4 Å². The van der Waals surface area contributed by atoms with E-state index in [4.69, 9.17) is 0 Å². The summed E-state index contributed by atoms with van der Waals surface area (Å²) in [6.07, 6.45) is 4.97. The number of rotatable bonds is 3. The molecular formula is C20H23FN2O. The Hall–Kier alpha value is -1.78. The van der Waals surface area contributed by atoms with E-state index in [1.165, 1.54) is 6.07 Å². The second-order valence-electron chi connectivity index (χ2n) is 7.19. The normalized spacial score (nSPS) is 30.2. The van der Waals surface area contributed by atoms with Crippen LogP contribution in [0.15, 0.2) is 48.7 Å². The van der Waals surface area contributed by atoms with Crippen molar-refractivity contribution in [3.8, 4) is 0 Å². The Labute approximate surface area is 142 Å². The Bertz CT molecular complexity index is 692. The third kappa shape index (κ3) is 2.74. The molecule has 1 aromatic heterocycles. The van der Waals surface area contributed by atoms with E-state index in [1.807, 2.05) is 24.3 Å². The Morgan fingerprint density at radius 2 is 1.92 bits per heavy atom. The molecule has 2 aliphatic rings. The van der Waals surface area contributed by atoms with Gasteiger partial charge in [0.2, 0.25) is 0 Å². The standard InChI is InChI=1S/C20H23FN2O/c21-18-8-3-5-15(11-18)12-23-13-16-6-4-7-17(14-23)20(16,24)19-9-1-2-10-22-19/h1-3,5,8-11,16-17,24H,4,6-7,12-14H2/t16-,17+,20?. The molecular weight excluding hydrogens is 303 g/mol. The number of halogens is 1. The van der Waals surface area contributed by atoms with Crippen LogP contribution in [0.5, 0.6) is 0 Å². The first-order valence-corrected chi connectivity index (χ1v) is 8.77. The number of aromatic nitrogens is 1. The zero-order chi connectivity index (χ0) is 16.6. The van der Waals surface area contributed by atoms with Gasteiger partial charge in [0.25, 0.3) is 0 Å². The lowest BCUT2D eigenvalue weighted by atomic mass is 9.64. The lowest BCUT2D eigenvalue weighted by Crippen LogP contribution is -2.58. The summed E-state index contributed by atoms with van der Waals surface area (Å²) in [4.78, 5) is 6.82. The molecule has 126 valence electrons. The van der Waals surface area contributed by atoms with E-state index < -0.39 is 5.60 Å². The SMILES string of the molecule is OC1(c2ccccn2)[C@@H]2CCC[C@H]1CN(Cc1cccc(F)c1)C2. The summed E-state index contributed by atoms with van der Waals surface area (Å²) >= 11 is 0. The van der Waals surface area contributed by atoms with Crippen molar-refractivity contribution >= 4 is 0 Å². The molecule has 1 aromatic carbocycles. The van der Waals surface area contributed by atoms with Gasteiger partial charge < -0.3 is 5.11 Å². The minimum absolute atomic E-state index is 0.185. The van der Waals surface area contributed by atoms with E-state index in [1.54, 1.807) is 18.3 Å². The van der Waals surface area contributed by atoms with Crippen LogP contribution in [0.3, 0.4) is 0 Å². The van der Waals surface area contributed by atoms with Gasteiger partial charge in [0.05, 0.1) is 5.69 Å². The van der Waals surface area contributed by atoms with Crippen molar-refractivity contribution in [1.82, 2.24) is 9.88 Å². The number of fused-ring (bicyclic) bond motifs is 2. The summed E-state index contributed by atoms with van der Waals surface area (Å²) in [5.41, 5.74) is 0.985. The predicted octanol–water partition coefficient (Wildman–Crippen LogP) is 3.34. The fourth-order valence-corrected chi connectivity index (χ4v) is 4.58. The summed E-state index contributed by atoms with van der Waals surface area (Å²) in [6, 6.07) is 12.6. The summed E-state index contributed by atoms with van der Waals surface area (Å²) in [5, 5.41) is 11.5. The molecule has 0 amide bonds. The van der Waals surface area contributed by atoms with Crippen LogP contribution in [0.25, 0.3) is 0 Å². The average Bonchev–Trinajstić information content (AvgIpc) is 2.57. The van der Waals surface area contributed by atoms with Gasteiger partial charge in [-0.1, -0.05) is 24.6 Å². The van der Waals surface area contributed by atoms with Crippen LogP contribution in [0.2, 0.25) is 0 Å². The number of hydrogen-bond donors (Lipinski definition) is 1. The van der Waals surface area contributed by atoms with Crippen LogP contribution in [-0.4, -0.2) is 28.1 Å². The van der Waals surface area contributed by atoms with Crippen molar-refractivity contribution < 1.29 is 9.50 Å². The van der Waals surface area contributed by atoms with Crippen molar-refractivity contribution in [1.29, 1.82) is 0 Å². The highest BCUT2D eigenvalue weighted by Gasteiger charge is 2.52. The maximum atomic E-state index is 13.4. The number of piperidine rings is 1. The smallest absolute Gasteiger partial charge is 0.123 e. The van der Waals surface area contributed by atoms with E-state index in [2.05, 4.69) is 9.88 Å². The summed E-state index contributed by atoms with van der Waals surface area (Å²) in [7, 11) is 0. The monoisotopic (exact) mass is 326 g/mol. The van der Waals surface area contributed by atoms with Crippen LogP contribution in [0, 0.1) is 17.7 Å². The number of benzene rings is 1. The number of hydrogen-bond acceptors (Lipinski definition) is 3. The van der Waals surface area contributed by atoms with Gasteiger partial charge in [-0.25, -0.2) is 4.39 Å². The van der Waals surface area contributed by atoms with Crippen LogP contribution in [-0.2, 0) is 12.1 Å². The zero-order valence-corrected chi connectivity index (χ0v) is 13.7. The molecule has 0 radical (unpaired) electrons. The number of pyridine rings is 1. The Balaban J connectivity index is 1.57. The molecule has 1 N–H and O–H groups in total. The molecule has 3 nitrogen and oxygen atoms in total. The second kappa shape index (κ2) is 6.26. The van der Waals surface area contributed by atoms with Crippen LogP contribution < -0.4 is 0 Å². The van der Waals surface area contributed by atoms with Gasteiger partial charge in [0.1, 0.15) is 11.4 Å². The fourth-order valence-electron chi connectivity index (χ4n) is 4.58. The fraction of sp³-hybridized carbons (Fsp3) is 0.450. The third-order valence-corrected chi connectivity index (χ3v) is 5.68. The first kappa shape index (κ1) is 15.7. The molecule has 1 aliphatic carbocycles. The minimum Gasteiger partial charge on any atom is -0.383 e. The molecule has 1 saturated heterocycles. The molecule has 24 heavy (non-hydrogen) atoms. The maximum Gasteiger partial charge on any atom is 0.123 e. The molecule has 2 heterocycles. The van der Waals surface area contributed by atoms with E-state index in [0.29, 0.717) is 0 Å². The van der Waals surface area contributed by atoms with Gasteiger partial charge in [-0.05, 0) is 42.7 Å². The molecule has 2 bridgehead atoms. The van der Waals surface area contributed by atoms with Crippen LogP contribution in [0.1, 0.15) is 30.5 Å². The molecule has 2 aromatic rings. The van der Waals surface area contributed by atoms with Gasteiger partial charge in [0.15, 0.2) is 0 Å². The van der Waals surface area contributed by atoms with Crippen LogP contribution >= 0.6 is 0 Å². The lowest BCUT2D eigenvalue weighted by Gasteiger charge is -2.52. The highest BCUT2D eigenvalue weighted by Crippen LogP contribution is 2.48. The van der Waals surface area contributed by atoms with Crippen LogP contribution in [0.4, 0.5) is 4.39 Å².